The Morgan fingerprint density at radius 3 is 1.14 bits per heavy atom. The summed E-state index contributed by atoms with van der Waals surface area (Å²) in [6.45, 7) is 0. The molecule has 0 bridgehead atoms. The van der Waals surface area contributed by atoms with Gasteiger partial charge in [0.2, 0.25) is 0 Å². The summed E-state index contributed by atoms with van der Waals surface area (Å²) in [7, 11) is 0. The molecule has 0 aliphatic carbocycles. The third-order valence-electron chi connectivity index (χ3n) is 12.9. The molecule has 0 amide bonds. The van der Waals surface area contributed by atoms with E-state index in [2.05, 4.69) is 120 Å². The van der Waals surface area contributed by atoms with Crippen LogP contribution in [0.5, 0.6) is 0 Å². The third-order valence-corrected chi connectivity index (χ3v) is 12.9. The fraction of sp³-hybridized carbons (Fsp3) is 0. The zero-order valence-electron chi connectivity index (χ0n) is 38.1. The maximum Gasteiger partial charge on any atom is 0.160 e. The van der Waals surface area contributed by atoms with Crippen molar-refractivity contribution in [2.24, 2.45) is 0 Å². The largest absolute Gasteiger partial charge is 0.309 e. The highest BCUT2D eigenvalue weighted by atomic mass is 15.0. The van der Waals surface area contributed by atoms with Gasteiger partial charge in [-0.3, -0.25) is 0 Å². The maximum absolute atomic E-state index is 10.2. The van der Waals surface area contributed by atoms with Crippen molar-refractivity contribution in [2.45, 2.75) is 0 Å². The van der Waals surface area contributed by atoms with Gasteiger partial charge < -0.3 is 4.57 Å². The Morgan fingerprint density at radius 1 is 0.296 bits per heavy atom. The van der Waals surface area contributed by atoms with Crippen LogP contribution < -0.4 is 0 Å². The first-order valence-electron chi connectivity index (χ1n) is 23.3. The molecule has 0 aliphatic rings. The minimum Gasteiger partial charge on any atom is -0.309 e. The van der Waals surface area contributed by atoms with Gasteiger partial charge in [-0.25, -0.2) is 19.9 Å². The lowest BCUT2D eigenvalue weighted by molar-refractivity contribution is 1.14. The first-order valence-corrected chi connectivity index (χ1v) is 23.3. The predicted octanol–water partition coefficient (Wildman–Crippen LogP) is 15.4. The average molecular weight is 906 g/mol. The average Bonchev–Trinajstić information content (AvgIpc) is 3.78. The molecule has 0 saturated heterocycles. The molecule has 7 heteroatoms. The molecule has 3 heterocycles. The van der Waals surface area contributed by atoms with Crippen LogP contribution >= 0.6 is 0 Å². The summed E-state index contributed by atoms with van der Waals surface area (Å²) in [5, 5.41) is 22.4. The summed E-state index contributed by atoms with van der Waals surface area (Å²) >= 11 is 0. The lowest BCUT2D eigenvalue weighted by Gasteiger charge is -2.17. The molecule has 0 unspecified atom stereocenters. The number of nitriles is 2. The van der Waals surface area contributed by atoms with Crippen LogP contribution in [0, 0.1) is 22.7 Å². The number of benzene rings is 9. The Labute approximate surface area is 410 Å². The molecule has 0 radical (unpaired) electrons. The van der Waals surface area contributed by atoms with E-state index < -0.39 is 0 Å². The van der Waals surface area contributed by atoms with Crippen LogP contribution in [0.15, 0.2) is 237 Å². The molecule has 12 aromatic rings. The normalized spacial score (nSPS) is 11.1. The van der Waals surface area contributed by atoms with E-state index in [0.29, 0.717) is 28.5 Å². The number of nitrogens with zero attached hydrogens (tertiary/aromatic N) is 7. The number of aromatic nitrogens is 5. The fourth-order valence-corrected chi connectivity index (χ4v) is 9.51. The van der Waals surface area contributed by atoms with E-state index in [1.165, 1.54) is 0 Å². The lowest BCUT2D eigenvalue weighted by Crippen LogP contribution is -2.02. The summed E-state index contributed by atoms with van der Waals surface area (Å²) in [6, 6.07) is 84.3. The maximum atomic E-state index is 10.2. The lowest BCUT2D eigenvalue weighted by atomic mass is 9.96. The van der Waals surface area contributed by atoms with Crippen molar-refractivity contribution in [1.29, 1.82) is 10.5 Å². The molecular weight excluding hydrogens is 867 g/mol. The van der Waals surface area contributed by atoms with E-state index in [0.717, 1.165) is 100 Å². The zero-order valence-corrected chi connectivity index (χ0v) is 38.1. The molecule has 0 aliphatic heterocycles. The number of fused-ring (bicyclic) bond motifs is 3. The van der Waals surface area contributed by atoms with Crippen LogP contribution in [-0.2, 0) is 0 Å². The monoisotopic (exact) mass is 905 g/mol. The van der Waals surface area contributed by atoms with Gasteiger partial charge in [0.05, 0.1) is 62.8 Å². The molecule has 0 N–H and O–H groups in total. The van der Waals surface area contributed by atoms with Gasteiger partial charge in [-0.1, -0.05) is 170 Å². The SMILES string of the molecule is N#Cc1ccccc1-c1ccc2c(c1)c1cc(-c3ccccc3C#N)ccc1n2-c1ccc(-c2nc(-c3ccccc3)cc(-c3ccccc3)n2)cc1-c1cc(-c2ccccc2)nc(-c2ccccc2)n1. The van der Waals surface area contributed by atoms with E-state index in [9.17, 15) is 10.5 Å². The predicted molar refractivity (Wildman–Crippen MR) is 285 cm³/mol. The molecule has 0 saturated carbocycles. The highest BCUT2D eigenvalue weighted by Crippen LogP contribution is 2.42. The molecule has 12 rings (SSSR count). The minimum atomic E-state index is 0.572. The van der Waals surface area contributed by atoms with Crippen molar-refractivity contribution in [3.63, 3.8) is 0 Å². The third kappa shape index (κ3) is 7.96. The van der Waals surface area contributed by atoms with Crippen LogP contribution in [0.4, 0.5) is 0 Å². The second kappa shape index (κ2) is 18.2. The molecule has 330 valence electrons. The second-order valence-corrected chi connectivity index (χ2v) is 17.2. The molecule has 7 nitrogen and oxygen atoms in total. The molecule has 3 aromatic heterocycles. The van der Waals surface area contributed by atoms with Crippen molar-refractivity contribution in [3.8, 4) is 108 Å². The van der Waals surface area contributed by atoms with Gasteiger partial charge in [0.25, 0.3) is 0 Å². The first kappa shape index (κ1) is 42.3. The molecule has 0 atom stereocenters. The van der Waals surface area contributed by atoms with Crippen LogP contribution in [0.1, 0.15) is 11.1 Å². The topological polar surface area (TPSA) is 104 Å². The quantitative estimate of drug-likeness (QED) is 0.143. The minimum absolute atomic E-state index is 0.572. The van der Waals surface area contributed by atoms with Crippen molar-refractivity contribution in [2.75, 3.05) is 0 Å². The van der Waals surface area contributed by atoms with E-state index >= 15 is 0 Å². The summed E-state index contributed by atoms with van der Waals surface area (Å²) in [5.74, 6) is 1.17. The fourth-order valence-electron chi connectivity index (χ4n) is 9.51. The van der Waals surface area contributed by atoms with Crippen molar-refractivity contribution >= 4 is 21.8 Å². The van der Waals surface area contributed by atoms with Gasteiger partial charge in [-0.15, -0.1) is 0 Å². The molecule has 0 spiro atoms. The van der Waals surface area contributed by atoms with E-state index in [-0.39, 0.29) is 0 Å². The Kier molecular flexibility index (Phi) is 10.8. The number of hydrogen-bond donors (Lipinski definition) is 0. The standard InChI is InChI=1S/C64H39N7/c65-40-49-25-13-15-27-51(49)46-29-32-60-53(35-46)54-36-47(52-28-16-14-26-50(52)41-66)30-33-61(54)71(60)62-34-31-48(64-68-56(42-17-5-1-6-18-42)38-57(69-64)43-19-7-2-8-20-43)37-55(62)59-39-58(44-21-9-3-10-22-44)67-63(70-59)45-23-11-4-12-24-45/h1-39H. The Balaban J connectivity index is 1.16. The van der Waals surface area contributed by atoms with Gasteiger partial charge in [-0.05, 0) is 89.0 Å². The summed E-state index contributed by atoms with van der Waals surface area (Å²) in [6.07, 6.45) is 0. The van der Waals surface area contributed by atoms with Crippen molar-refractivity contribution in [3.05, 3.63) is 248 Å². The van der Waals surface area contributed by atoms with Gasteiger partial charge >= 0.3 is 0 Å². The van der Waals surface area contributed by atoms with Crippen LogP contribution in [0.2, 0.25) is 0 Å². The van der Waals surface area contributed by atoms with E-state index in [4.69, 9.17) is 19.9 Å². The molecule has 71 heavy (non-hydrogen) atoms. The number of rotatable bonds is 9. The van der Waals surface area contributed by atoms with Crippen LogP contribution in [-0.4, -0.2) is 24.5 Å². The highest BCUT2D eigenvalue weighted by molar-refractivity contribution is 6.12. The molecule has 0 fully saturated rings. The van der Waals surface area contributed by atoms with Crippen LogP contribution in [0.3, 0.4) is 0 Å². The Bertz CT molecular complexity index is 3830. The Morgan fingerprint density at radius 2 is 0.676 bits per heavy atom. The smallest absolute Gasteiger partial charge is 0.160 e. The van der Waals surface area contributed by atoms with Gasteiger partial charge in [0, 0.05) is 44.2 Å². The number of hydrogen-bond acceptors (Lipinski definition) is 6. The van der Waals surface area contributed by atoms with Crippen LogP contribution in [0.25, 0.3) is 118 Å². The van der Waals surface area contributed by atoms with E-state index in [1.54, 1.807) is 0 Å². The van der Waals surface area contributed by atoms with Crippen molar-refractivity contribution < 1.29 is 0 Å². The van der Waals surface area contributed by atoms with Crippen molar-refractivity contribution in [1.82, 2.24) is 24.5 Å². The molecule has 9 aromatic carbocycles. The second-order valence-electron chi connectivity index (χ2n) is 17.2. The Hall–Kier alpha value is -10.1. The highest BCUT2D eigenvalue weighted by Gasteiger charge is 2.22. The van der Waals surface area contributed by atoms with E-state index in [1.807, 2.05) is 133 Å². The molecular formula is C64H39N7. The van der Waals surface area contributed by atoms with Gasteiger partial charge in [0.15, 0.2) is 11.6 Å². The zero-order chi connectivity index (χ0) is 47.7. The summed E-state index contributed by atoms with van der Waals surface area (Å²) in [5.41, 5.74) is 16.1. The summed E-state index contributed by atoms with van der Waals surface area (Å²) in [4.78, 5) is 21.1. The van der Waals surface area contributed by atoms with Gasteiger partial charge in [0.1, 0.15) is 0 Å². The summed E-state index contributed by atoms with van der Waals surface area (Å²) < 4.78 is 2.30. The van der Waals surface area contributed by atoms with Gasteiger partial charge in [-0.2, -0.15) is 10.5 Å². The first-order chi connectivity index (χ1) is 35.1.